The average Bonchev–Trinajstić information content (AvgIpc) is 3.31. The second-order valence-electron chi connectivity index (χ2n) is 7.48. The van der Waals surface area contributed by atoms with Gasteiger partial charge in [-0.25, -0.2) is 19.3 Å². The molecule has 36 heavy (non-hydrogen) atoms. The maximum absolute atomic E-state index is 12.3. The predicted molar refractivity (Wildman–Crippen MR) is 126 cm³/mol. The van der Waals surface area contributed by atoms with Crippen LogP contribution in [0, 0.1) is 6.92 Å². The quantitative estimate of drug-likeness (QED) is 0.338. The molecule has 0 saturated carbocycles. The van der Waals surface area contributed by atoms with E-state index in [4.69, 9.17) is 0 Å². The van der Waals surface area contributed by atoms with Gasteiger partial charge < -0.3 is 15.4 Å². The van der Waals surface area contributed by atoms with Crippen molar-refractivity contribution in [1.29, 1.82) is 0 Å². The molecule has 0 atom stereocenters. The van der Waals surface area contributed by atoms with E-state index in [0.29, 0.717) is 28.5 Å². The minimum absolute atomic E-state index is 0.341. The summed E-state index contributed by atoms with van der Waals surface area (Å²) in [6.07, 6.45) is -3.35. The van der Waals surface area contributed by atoms with Crippen LogP contribution >= 0.6 is 0 Å². The van der Waals surface area contributed by atoms with Crippen molar-refractivity contribution in [2.75, 3.05) is 10.6 Å². The Morgan fingerprint density at radius 2 is 1.56 bits per heavy atom. The van der Waals surface area contributed by atoms with Gasteiger partial charge >= 0.3 is 18.4 Å². The first-order chi connectivity index (χ1) is 17.2. The van der Waals surface area contributed by atoms with Crippen LogP contribution in [0.3, 0.4) is 0 Å². The summed E-state index contributed by atoms with van der Waals surface area (Å²) in [5.41, 5.74) is 2.99. The number of aromatic nitrogens is 3. The molecule has 1 aromatic heterocycles. The van der Waals surface area contributed by atoms with Crippen LogP contribution < -0.4 is 20.7 Å². The van der Waals surface area contributed by atoms with E-state index in [1.807, 2.05) is 19.1 Å². The molecule has 0 aliphatic rings. The maximum Gasteiger partial charge on any atom is 0.573 e. The van der Waals surface area contributed by atoms with Gasteiger partial charge in [-0.2, -0.15) is 0 Å². The number of nitrogens with one attached hydrogen (secondary N) is 3. The molecule has 3 N–H and O–H groups in total. The second-order valence-corrected chi connectivity index (χ2v) is 7.48. The number of aryl methyl sites for hydroxylation is 1. The molecule has 4 rings (SSSR count). The molecule has 0 aliphatic carbocycles. The molecule has 0 fully saturated rings. The molecule has 9 nitrogen and oxygen atoms in total. The van der Waals surface area contributed by atoms with Gasteiger partial charge in [0.1, 0.15) is 12.1 Å². The fourth-order valence-corrected chi connectivity index (χ4v) is 3.16. The van der Waals surface area contributed by atoms with Gasteiger partial charge in [0.05, 0.1) is 5.69 Å². The zero-order chi connectivity index (χ0) is 25.7. The van der Waals surface area contributed by atoms with Crippen molar-refractivity contribution in [1.82, 2.24) is 20.1 Å². The number of para-hydroxylation sites is 1. The smallest absolute Gasteiger partial charge is 0.406 e. The van der Waals surface area contributed by atoms with Crippen LogP contribution in [0.2, 0.25) is 0 Å². The minimum Gasteiger partial charge on any atom is -0.406 e. The van der Waals surface area contributed by atoms with Crippen molar-refractivity contribution in [3.8, 4) is 22.8 Å². The highest BCUT2D eigenvalue weighted by atomic mass is 19.4. The fraction of sp³-hybridized carbons (Fsp3) is 0.0833. The van der Waals surface area contributed by atoms with Crippen LogP contribution in [0.25, 0.3) is 17.1 Å². The number of amides is 4. The third-order valence-corrected chi connectivity index (χ3v) is 4.85. The van der Waals surface area contributed by atoms with Crippen LogP contribution in [0.1, 0.15) is 5.56 Å². The van der Waals surface area contributed by atoms with Crippen LogP contribution in [-0.4, -0.2) is 33.2 Å². The van der Waals surface area contributed by atoms with E-state index in [1.165, 1.54) is 35.3 Å². The Morgan fingerprint density at radius 1 is 0.889 bits per heavy atom. The van der Waals surface area contributed by atoms with Gasteiger partial charge in [0.15, 0.2) is 5.82 Å². The summed E-state index contributed by atoms with van der Waals surface area (Å²) < 4.78 is 42.2. The Morgan fingerprint density at radius 3 is 2.22 bits per heavy atom. The molecule has 0 aliphatic heterocycles. The van der Waals surface area contributed by atoms with Crippen molar-refractivity contribution in [2.24, 2.45) is 0 Å². The highest BCUT2D eigenvalue weighted by Gasteiger charge is 2.31. The van der Waals surface area contributed by atoms with Gasteiger partial charge in [0.25, 0.3) is 0 Å². The molecule has 4 aromatic rings. The van der Waals surface area contributed by atoms with E-state index < -0.39 is 18.4 Å². The summed E-state index contributed by atoms with van der Waals surface area (Å²) in [5, 5.41) is 11.7. The van der Waals surface area contributed by atoms with Crippen molar-refractivity contribution >= 4 is 23.4 Å². The third kappa shape index (κ3) is 6.38. The van der Waals surface area contributed by atoms with Gasteiger partial charge in [-0.05, 0) is 67.1 Å². The molecular weight excluding hydrogens is 477 g/mol. The van der Waals surface area contributed by atoms with Crippen LogP contribution in [0.5, 0.6) is 5.75 Å². The number of carbonyl (C=O) groups is 2. The summed E-state index contributed by atoms with van der Waals surface area (Å²) >= 11 is 0. The van der Waals surface area contributed by atoms with Gasteiger partial charge in [-0.3, -0.25) is 5.32 Å². The highest BCUT2D eigenvalue weighted by molar-refractivity contribution is 6.05. The average molecular weight is 496 g/mol. The summed E-state index contributed by atoms with van der Waals surface area (Å²) in [4.78, 5) is 28.4. The van der Waals surface area contributed by atoms with Gasteiger partial charge in [-0.1, -0.05) is 18.2 Å². The van der Waals surface area contributed by atoms with E-state index in [2.05, 4.69) is 30.8 Å². The number of anilines is 2. The van der Waals surface area contributed by atoms with Crippen LogP contribution in [0.15, 0.2) is 79.1 Å². The highest BCUT2D eigenvalue weighted by Crippen LogP contribution is 2.24. The topological polar surface area (TPSA) is 110 Å². The first-order valence-electron chi connectivity index (χ1n) is 10.5. The number of halogens is 3. The number of ether oxygens (including phenoxy) is 1. The molecule has 3 aromatic carbocycles. The number of benzene rings is 3. The normalized spacial score (nSPS) is 11.0. The molecule has 0 unspecified atom stereocenters. The van der Waals surface area contributed by atoms with E-state index >= 15 is 0 Å². The minimum atomic E-state index is -4.77. The Hall–Kier alpha value is -4.87. The van der Waals surface area contributed by atoms with Crippen LogP contribution in [-0.2, 0) is 0 Å². The molecule has 12 heteroatoms. The zero-order valence-electron chi connectivity index (χ0n) is 18.7. The molecule has 1 heterocycles. The molecule has 0 saturated heterocycles. The number of carbonyl (C=O) groups excluding carboxylic acids is 2. The Kier molecular flexibility index (Phi) is 6.86. The molecule has 4 amide bonds. The number of alkyl halides is 3. The Balaban J connectivity index is 1.34. The van der Waals surface area contributed by atoms with Crippen LogP contribution in [0.4, 0.5) is 34.1 Å². The van der Waals surface area contributed by atoms with Crippen molar-refractivity contribution in [3.63, 3.8) is 0 Å². The monoisotopic (exact) mass is 496 g/mol. The number of urea groups is 2. The van der Waals surface area contributed by atoms with Crippen molar-refractivity contribution < 1.29 is 27.5 Å². The summed E-state index contributed by atoms with van der Waals surface area (Å²) in [6.45, 7) is 1.83. The van der Waals surface area contributed by atoms with Gasteiger partial charge in [0.2, 0.25) is 0 Å². The lowest BCUT2D eigenvalue weighted by Crippen LogP contribution is -2.37. The SMILES string of the molecule is Cc1ccccc1NC(=O)NC(=O)Nc1ccc(-c2ncn(-c3ccc(OC(F)(F)F)cc3)n2)cc1. The van der Waals surface area contributed by atoms with E-state index in [0.717, 1.165) is 5.56 Å². The van der Waals surface area contributed by atoms with Crippen molar-refractivity contribution in [3.05, 3.63) is 84.7 Å². The molecule has 184 valence electrons. The molecule has 0 bridgehead atoms. The largest absolute Gasteiger partial charge is 0.573 e. The van der Waals surface area contributed by atoms with E-state index in [1.54, 1.807) is 36.4 Å². The first-order valence-corrected chi connectivity index (χ1v) is 10.5. The summed E-state index contributed by atoms with van der Waals surface area (Å²) in [7, 11) is 0. The lowest BCUT2D eigenvalue weighted by atomic mass is 10.2. The second kappa shape index (κ2) is 10.2. The predicted octanol–water partition coefficient (Wildman–Crippen LogP) is 5.49. The summed E-state index contributed by atoms with van der Waals surface area (Å²) in [5.74, 6) is 0.0191. The van der Waals surface area contributed by atoms with Gasteiger partial charge in [-0.15, -0.1) is 18.3 Å². The third-order valence-electron chi connectivity index (χ3n) is 4.85. The molecule has 0 radical (unpaired) electrons. The number of rotatable bonds is 5. The number of hydrogen-bond acceptors (Lipinski definition) is 5. The lowest BCUT2D eigenvalue weighted by molar-refractivity contribution is -0.274. The fourth-order valence-electron chi connectivity index (χ4n) is 3.16. The first kappa shape index (κ1) is 24.3. The Bertz CT molecular complexity index is 1370. The Labute approximate surface area is 202 Å². The number of imide groups is 1. The zero-order valence-corrected chi connectivity index (χ0v) is 18.7. The van der Waals surface area contributed by atoms with E-state index in [9.17, 15) is 22.8 Å². The number of hydrogen-bond donors (Lipinski definition) is 3. The molecular formula is C24H19F3N6O3. The molecule has 0 spiro atoms. The van der Waals surface area contributed by atoms with E-state index in [-0.39, 0.29) is 5.75 Å². The van der Waals surface area contributed by atoms with Crippen molar-refractivity contribution in [2.45, 2.75) is 13.3 Å². The van der Waals surface area contributed by atoms with Gasteiger partial charge in [0, 0.05) is 16.9 Å². The number of nitrogens with zero attached hydrogens (tertiary/aromatic N) is 3. The summed E-state index contributed by atoms with van der Waals surface area (Å²) in [6, 6.07) is 17.5. The maximum atomic E-state index is 12.3. The standard InChI is InChI=1S/C24H19F3N6O3/c1-15-4-2-3-5-20(15)30-23(35)31-22(34)29-17-8-6-16(7-9-17)21-28-14-33(32-21)18-10-12-19(13-11-18)36-24(25,26)27/h2-14H,1H3,(H3,29,30,31,34,35). The lowest BCUT2D eigenvalue weighted by Gasteiger charge is -2.10.